The minimum atomic E-state index is -0.00352. The van der Waals surface area contributed by atoms with Crippen molar-refractivity contribution in [3.05, 3.63) is 0 Å². The molecular formula is C7H14O2. The van der Waals surface area contributed by atoms with Crippen LogP contribution >= 0.6 is 0 Å². The van der Waals surface area contributed by atoms with Gasteiger partial charge in [0.2, 0.25) is 0 Å². The predicted octanol–water partition coefficient (Wildman–Crippen LogP) is 1.40. The van der Waals surface area contributed by atoms with Crippen molar-refractivity contribution in [2.24, 2.45) is 5.92 Å². The fourth-order valence-electron chi connectivity index (χ4n) is 0.898. The van der Waals surface area contributed by atoms with Gasteiger partial charge >= 0.3 is 0 Å². The monoisotopic (exact) mass is 130 g/mol. The lowest BCUT2D eigenvalue weighted by Crippen LogP contribution is -2.35. The molecule has 0 radical (unpaired) electrons. The summed E-state index contributed by atoms with van der Waals surface area (Å²) in [5.74, 6) is 0.543. The van der Waals surface area contributed by atoms with Gasteiger partial charge in [-0.25, -0.2) is 0 Å². The van der Waals surface area contributed by atoms with Gasteiger partial charge < -0.3 is 9.47 Å². The molecule has 2 nitrogen and oxygen atoms in total. The largest absolute Gasteiger partial charge is 0.353 e. The van der Waals surface area contributed by atoms with E-state index in [9.17, 15) is 0 Å². The van der Waals surface area contributed by atoms with Gasteiger partial charge in [-0.05, 0) is 13.8 Å². The van der Waals surface area contributed by atoms with Crippen molar-refractivity contribution < 1.29 is 9.47 Å². The second-order valence-corrected chi connectivity index (χ2v) is 2.72. The Hall–Kier alpha value is -0.0800. The van der Waals surface area contributed by atoms with E-state index in [-0.39, 0.29) is 6.29 Å². The van der Waals surface area contributed by atoms with Gasteiger partial charge in [-0.15, -0.1) is 0 Å². The Labute approximate surface area is 56.2 Å². The van der Waals surface area contributed by atoms with Gasteiger partial charge in [-0.2, -0.15) is 0 Å². The summed E-state index contributed by atoms with van der Waals surface area (Å²) in [5.41, 5.74) is 0. The van der Waals surface area contributed by atoms with E-state index < -0.39 is 0 Å². The molecule has 0 aromatic heterocycles. The lowest BCUT2D eigenvalue weighted by molar-refractivity contribution is -0.219. The van der Waals surface area contributed by atoms with E-state index in [4.69, 9.17) is 9.47 Å². The molecule has 0 saturated carbocycles. The smallest absolute Gasteiger partial charge is 0.155 e. The Balaban J connectivity index is 2.35. The van der Waals surface area contributed by atoms with Crippen LogP contribution in [0.1, 0.15) is 20.8 Å². The Morgan fingerprint density at radius 2 is 1.89 bits per heavy atom. The first-order chi connectivity index (χ1) is 4.20. The lowest BCUT2D eigenvalue weighted by atomic mass is 10.1. The highest BCUT2D eigenvalue weighted by molar-refractivity contribution is 4.64. The highest BCUT2D eigenvalue weighted by Gasteiger charge is 2.21. The average molecular weight is 130 g/mol. The first-order valence-corrected chi connectivity index (χ1v) is 3.47. The zero-order valence-corrected chi connectivity index (χ0v) is 6.26. The minimum Gasteiger partial charge on any atom is -0.353 e. The van der Waals surface area contributed by atoms with E-state index in [1.807, 2.05) is 6.92 Å². The number of hydrogen-bond acceptors (Lipinski definition) is 2. The molecule has 0 bridgehead atoms. The predicted molar refractivity (Wildman–Crippen MR) is 35.1 cm³/mol. The number of ether oxygens (including phenoxy) is 2. The topological polar surface area (TPSA) is 18.5 Å². The molecule has 1 rings (SSSR count). The molecule has 1 fully saturated rings. The third-order valence-electron chi connectivity index (χ3n) is 1.80. The SMILES string of the molecule is CC1OC[C@@H](C)C(C)O1. The van der Waals surface area contributed by atoms with E-state index >= 15 is 0 Å². The quantitative estimate of drug-likeness (QED) is 0.493. The van der Waals surface area contributed by atoms with Crippen molar-refractivity contribution in [2.75, 3.05) is 6.61 Å². The molecule has 1 heterocycles. The van der Waals surface area contributed by atoms with Crippen molar-refractivity contribution >= 4 is 0 Å². The molecule has 0 aliphatic carbocycles. The molecule has 0 amide bonds. The number of rotatable bonds is 0. The van der Waals surface area contributed by atoms with Gasteiger partial charge in [0.1, 0.15) is 0 Å². The maximum Gasteiger partial charge on any atom is 0.155 e. The van der Waals surface area contributed by atoms with Crippen LogP contribution in [0.5, 0.6) is 0 Å². The van der Waals surface area contributed by atoms with E-state index in [0.717, 1.165) is 6.61 Å². The Morgan fingerprint density at radius 3 is 2.33 bits per heavy atom. The fraction of sp³-hybridized carbons (Fsp3) is 1.00. The standard InChI is InChI=1S/C7H14O2/c1-5-4-8-7(3)9-6(5)2/h5-7H,4H2,1-3H3/t5-,6?,7?/m1/s1. The third kappa shape index (κ3) is 1.66. The average Bonchev–Trinajstić information content (AvgIpc) is 1.80. The Bertz CT molecular complexity index is 92.9. The molecule has 1 aliphatic heterocycles. The molecule has 1 saturated heterocycles. The molecule has 0 aromatic rings. The van der Waals surface area contributed by atoms with Gasteiger partial charge in [0.25, 0.3) is 0 Å². The first kappa shape index (κ1) is 7.03. The molecule has 3 atom stereocenters. The maximum absolute atomic E-state index is 5.38. The molecule has 2 unspecified atom stereocenters. The molecule has 0 N–H and O–H groups in total. The van der Waals surface area contributed by atoms with Crippen LogP contribution in [0.15, 0.2) is 0 Å². The molecular weight excluding hydrogens is 116 g/mol. The lowest BCUT2D eigenvalue weighted by Gasteiger charge is -2.30. The summed E-state index contributed by atoms with van der Waals surface area (Å²) >= 11 is 0. The van der Waals surface area contributed by atoms with Gasteiger partial charge in [-0.3, -0.25) is 0 Å². The second-order valence-electron chi connectivity index (χ2n) is 2.72. The molecule has 0 aromatic carbocycles. The van der Waals surface area contributed by atoms with Crippen LogP contribution in [0.2, 0.25) is 0 Å². The molecule has 1 aliphatic rings. The van der Waals surface area contributed by atoms with Gasteiger partial charge in [0.15, 0.2) is 6.29 Å². The zero-order valence-electron chi connectivity index (χ0n) is 6.26. The van der Waals surface area contributed by atoms with Crippen LogP contribution in [0, 0.1) is 5.92 Å². The highest BCUT2D eigenvalue weighted by Crippen LogP contribution is 2.16. The summed E-state index contributed by atoms with van der Waals surface area (Å²) in [5, 5.41) is 0. The summed E-state index contributed by atoms with van der Waals surface area (Å²) in [6.45, 7) is 6.99. The molecule has 54 valence electrons. The van der Waals surface area contributed by atoms with Crippen molar-refractivity contribution in [2.45, 2.75) is 33.2 Å². The molecule has 9 heavy (non-hydrogen) atoms. The van der Waals surface area contributed by atoms with Gasteiger partial charge in [0, 0.05) is 5.92 Å². The van der Waals surface area contributed by atoms with Gasteiger partial charge in [-0.1, -0.05) is 6.92 Å². The van der Waals surface area contributed by atoms with Crippen LogP contribution in [-0.4, -0.2) is 19.0 Å². The van der Waals surface area contributed by atoms with E-state index in [1.54, 1.807) is 0 Å². The van der Waals surface area contributed by atoms with Crippen molar-refractivity contribution in [1.29, 1.82) is 0 Å². The maximum atomic E-state index is 5.38. The van der Waals surface area contributed by atoms with Crippen molar-refractivity contribution in [3.63, 3.8) is 0 Å². The first-order valence-electron chi connectivity index (χ1n) is 3.47. The normalized spacial score (nSPS) is 45.0. The van der Waals surface area contributed by atoms with Gasteiger partial charge in [0.05, 0.1) is 12.7 Å². The Kier molecular flexibility index (Phi) is 2.09. The van der Waals surface area contributed by atoms with E-state index in [0.29, 0.717) is 12.0 Å². The molecule has 0 spiro atoms. The second kappa shape index (κ2) is 2.67. The summed E-state index contributed by atoms with van der Waals surface area (Å²) in [7, 11) is 0. The third-order valence-corrected chi connectivity index (χ3v) is 1.80. The number of hydrogen-bond donors (Lipinski definition) is 0. The summed E-state index contributed by atoms with van der Waals surface area (Å²) in [6, 6.07) is 0. The van der Waals surface area contributed by atoms with Crippen LogP contribution in [-0.2, 0) is 9.47 Å². The summed E-state index contributed by atoms with van der Waals surface area (Å²) in [4.78, 5) is 0. The highest BCUT2D eigenvalue weighted by atomic mass is 16.7. The van der Waals surface area contributed by atoms with E-state index in [2.05, 4.69) is 13.8 Å². The van der Waals surface area contributed by atoms with E-state index in [1.165, 1.54) is 0 Å². The van der Waals surface area contributed by atoms with Crippen LogP contribution in [0.25, 0.3) is 0 Å². The van der Waals surface area contributed by atoms with Crippen molar-refractivity contribution in [1.82, 2.24) is 0 Å². The minimum absolute atomic E-state index is 0.00352. The molecule has 2 heteroatoms. The Morgan fingerprint density at radius 1 is 1.22 bits per heavy atom. The zero-order chi connectivity index (χ0) is 6.85. The van der Waals surface area contributed by atoms with Crippen LogP contribution < -0.4 is 0 Å². The fourth-order valence-corrected chi connectivity index (χ4v) is 0.898. The summed E-state index contributed by atoms with van der Waals surface area (Å²) < 4.78 is 10.6. The van der Waals surface area contributed by atoms with Crippen LogP contribution in [0.4, 0.5) is 0 Å². The van der Waals surface area contributed by atoms with Crippen molar-refractivity contribution in [3.8, 4) is 0 Å². The van der Waals surface area contributed by atoms with Crippen LogP contribution in [0.3, 0.4) is 0 Å². The summed E-state index contributed by atoms with van der Waals surface area (Å²) in [6.07, 6.45) is 0.352.